The Bertz CT molecular complexity index is 764. The first kappa shape index (κ1) is 13.7. The first-order chi connectivity index (χ1) is 9.69. The normalized spacial score (nSPS) is 11.2. The number of aromatic nitrogens is 2. The van der Waals surface area contributed by atoms with Crippen molar-refractivity contribution in [3.05, 3.63) is 63.9 Å². The number of aryl methyl sites for hydroxylation is 1. The highest BCUT2D eigenvalue weighted by atomic mass is 79.9. The summed E-state index contributed by atoms with van der Waals surface area (Å²) in [6, 6.07) is 14.6. The highest BCUT2D eigenvalue weighted by molar-refractivity contribution is 9.10. The summed E-state index contributed by atoms with van der Waals surface area (Å²) >= 11 is 9.57. The van der Waals surface area contributed by atoms with Gasteiger partial charge in [0.05, 0.1) is 16.9 Å². The Hall–Kier alpha value is -1.32. The summed E-state index contributed by atoms with van der Waals surface area (Å²) in [6.07, 6.45) is 0. The third-order valence-corrected chi connectivity index (χ3v) is 4.14. The Labute approximate surface area is 131 Å². The van der Waals surface area contributed by atoms with Crippen molar-refractivity contribution < 1.29 is 0 Å². The van der Waals surface area contributed by atoms with Crippen molar-refractivity contribution in [3.63, 3.8) is 0 Å². The molecule has 0 aliphatic carbocycles. The van der Waals surface area contributed by atoms with Crippen LogP contribution in [0.4, 0.5) is 0 Å². The first-order valence-corrected chi connectivity index (χ1v) is 7.77. The smallest absolute Gasteiger partial charge is 0.125 e. The predicted octanol–water partition coefficient (Wildman–Crippen LogP) is 4.89. The van der Waals surface area contributed by atoms with Gasteiger partial charge in [0.25, 0.3) is 0 Å². The van der Waals surface area contributed by atoms with Crippen LogP contribution in [0.25, 0.3) is 11.0 Å². The molecule has 20 heavy (non-hydrogen) atoms. The molecule has 0 spiro atoms. The average Bonchev–Trinajstić information content (AvgIpc) is 2.79. The third kappa shape index (κ3) is 2.48. The molecule has 0 aliphatic rings. The maximum Gasteiger partial charge on any atom is 0.125 e. The standard InChI is InChI=1S/C16H14BrClN2/c1-11-4-2-7-14-16(11)19-15(9-18)20(14)10-12-5-3-6-13(17)8-12/h2-8H,9-10H2,1H3. The van der Waals surface area contributed by atoms with Crippen molar-refractivity contribution >= 4 is 38.6 Å². The van der Waals surface area contributed by atoms with Crippen molar-refractivity contribution in [1.29, 1.82) is 0 Å². The zero-order valence-corrected chi connectivity index (χ0v) is 13.4. The highest BCUT2D eigenvalue weighted by Crippen LogP contribution is 2.22. The van der Waals surface area contributed by atoms with E-state index in [1.54, 1.807) is 0 Å². The Morgan fingerprint density at radius 1 is 1.20 bits per heavy atom. The van der Waals surface area contributed by atoms with Gasteiger partial charge in [0.1, 0.15) is 5.82 Å². The van der Waals surface area contributed by atoms with Gasteiger partial charge in [0.2, 0.25) is 0 Å². The second-order valence-electron chi connectivity index (χ2n) is 4.82. The van der Waals surface area contributed by atoms with Gasteiger partial charge in [0, 0.05) is 11.0 Å². The van der Waals surface area contributed by atoms with E-state index in [0.717, 1.165) is 27.9 Å². The second-order valence-corrected chi connectivity index (χ2v) is 6.00. The molecule has 2 aromatic carbocycles. The lowest BCUT2D eigenvalue weighted by molar-refractivity contribution is 0.778. The van der Waals surface area contributed by atoms with Crippen molar-refractivity contribution in [1.82, 2.24) is 9.55 Å². The van der Waals surface area contributed by atoms with Crippen molar-refractivity contribution in [2.24, 2.45) is 0 Å². The molecule has 0 atom stereocenters. The largest absolute Gasteiger partial charge is 0.322 e. The van der Waals surface area contributed by atoms with E-state index < -0.39 is 0 Å². The highest BCUT2D eigenvalue weighted by Gasteiger charge is 2.11. The number of nitrogens with zero attached hydrogens (tertiary/aromatic N) is 2. The van der Waals surface area contributed by atoms with Gasteiger partial charge in [-0.3, -0.25) is 0 Å². The molecule has 0 unspecified atom stereocenters. The van der Waals surface area contributed by atoms with Crippen LogP contribution < -0.4 is 0 Å². The molecule has 102 valence electrons. The van der Waals surface area contributed by atoms with E-state index in [2.05, 4.69) is 62.7 Å². The number of hydrogen-bond acceptors (Lipinski definition) is 1. The lowest BCUT2D eigenvalue weighted by Crippen LogP contribution is -2.03. The number of para-hydroxylation sites is 1. The fraction of sp³-hybridized carbons (Fsp3) is 0.188. The van der Waals surface area contributed by atoms with Gasteiger partial charge in [-0.05, 0) is 36.2 Å². The number of imidazole rings is 1. The van der Waals surface area contributed by atoms with Crippen LogP contribution in [-0.4, -0.2) is 9.55 Å². The van der Waals surface area contributed by atoms with Crippen LogP contribution >= 0.6 is 27.5 Å². The van der Waals surface area contributed by atoms with Crippen LogP contribution in [0.5, 0.6) is 0 Å². The van der Waals surface area contributed by atoms with Gasteiger partial charge in [-0.2, -0.15) is 0 Å². The number of rotatable bonds is 3. The number of alkyl halides is 1. The molecule has 1 heterocycles. The van der Waals surface area contributed by atoms with E-state index in [0.29, 0.717) is 5.88 Å². The summed E-state index contributed by atoms with van der Waals surface area (Å²) in [5, 5.41) is 0. The van der Waals surface area contributed by atoms with Gasteiger partial charge in [-0.25, -0.2) is 4.98 Å². The Morgan fingerprint density at radius 2 is 2.00 bits per heavy atom. The fourth-order valence-corrected chi connectivity index (χ4v) is 3.08. The minimum atomic E-state index is 0.419. The molecule has 0 saturated carbocycles. The molecule has 0 saturated heterocycles. The molecule has 0 aliphatic heterocycles. The van der Waals surface area contributed by atoms with Gasteiger partial charge in [-0.1, -0.05) is 40.2 Å². The monoisotopic (exact) mass is 348 g/mol. The molecular formula is C16H14BrClN2. The van der Waals surface area contributed by atoms with Crippen LogP contribution in [0.2, 0.25) is 0 Å². The zero-order valence-electron chi connectivity index (χ0n) is 11.1. The van der Waals surface area contributed by atoms with E-state index in [-0.39, 0.29) is 0 Å². The maximum atomic E-state index is 6.06. The molecular weight excluding hydrogens is 336 g/mol. The molecule has 4 heteroatoms. The molecule has 0 bridgehead atoms. The quantitative estimate of drug-likeness (QED) is 0.615. The van der Waals surface area contributed by atoms with E-state index in [9.17, 15) is 0 Å². The number of fused-ring (bicyclic) bond motifs is 1. The van der Waals surface area contributed by atoms with Crippen LogP contribution in [0.3, 0.4) is 0 Å². The average molecular weight is 350 g/mol. The fourth-order valence-electron chi connectivity index (χ4n) is 2.43. The molecule has 2 nitrogen and oxygen atoms in total. The molecule has 0 amide bonds. The van der Waals surface area contributed by atoms with Gasteiger partial charge in [-0.15, -0.1) is 11.6 Å². The minimum Gasteiger partial charge on any atom is -0.322 e. The van der Waals surface area contributed by atoms with E-state index in [1.807, 2.05) is 12.1 Å². The van der Waals surface area contributed by atoms with Gasteiger partial charge < -0.3 is 4.57 Å². The van der Waals surface area contributed by atoms with Crippen molar-refractivity contribution in [2.45, 2.75) is 19.3 Å². The number of hydrogen-bond donors (Lipinski definition) is 0. The predicted molar refractivity (Wildman–Crippen MR) is 87.3 cm³/mol. The van der Waals surface area contributed by atoms with Crippen molar-refractivity contribution in [3.8, 4) is 0 Å². The van der Waals surface area contributed by atoms with E-state index in [4.69, 9.17) is 11.6 Å². The van der Waals surface area contributed by atoms with E-state index >= 15 is 0 Å². The summed E-state index contributed by atoms with van der Waals surface area (Å²) in [5.74, 6) is 1.33. The maximum absolute atomic E-state index is 6.06. The Morgan fingerprint density at radius 3 is 2.75 bits per heavy atom. The molecule has 3 aromatic rings. The third-order valence-electron chi connectivity index (χ3n) is 3.41. The summed E-state index contributed by atoms with van der Waals surface area (Å²) < 4.78 is 3.28. The Kier molecular flexibility index (Phi) is 3.81. The van der Waals surface area contributed by atoms with Crippen LogP contribution in [0, 0.1) is 6.92 Å². The number of benzene rings is 2. The van der Waals surface area contributed by atoms with Gasteiger partial charge >= 0.3 is 0 Å². The molecule has 1 aromatic heterocycles. The molecule has 0 fully saturated rings. The summed E-state index contributed by atoms with van der Waals surface area (Å²) in [5.41, 5.74) is 4.59. The SMILES string of the molecule is Cc1cccc2c1nc(CCl)n2Cc1cccc(Br)c1. The van der Waals surface area contributed by atoms with E-state index in [1.165, 1.54) is 11.1 Å². The topological polar surface area (TPSA) is 17.8 Å². The molecule has 0 N–H and O–H groups in total. The summed E-state index contributed by atoms with van der Waals surface area (Å²) in [6.45, 7) is 2.86. The molecule has 3 rings (SSSR count). The summed E-state index contributed by atoms with van der Waals surface area (Å²) in [7, 11) is 0. The lowest BCUT2D eigenvalue weighted by Gasteiger charge is -2.08. The first-order valence-electron chi connectivity index (χ1n) is 6.44. The van der Waals surface area contributed by atoms with Crippen LogP contribution in [-0.2, 0) is 12.4 Å². The van der Waals surface area contributed by atoms with Crippen LogP contribution in [0.15, 0.2) is 46.9 Å². The molecule has 0 radical (unpaired) electrons. The number of halogens is 2. The van der Waals surface area contributed by atoms with Crippen molar-refractivity contribution in [2.75, 3.05) is 0 Å². The second kappa shape index (κ2) is 5.58. The Balaban J connectivity index is 2.12. The van der Waals surface area contributed by atoms with Crippen LogP contribution in [0.1, 0.15) is 17.0 Å². The zero-order chi connectivity index (χ0) is 14.1. The lowest BCUT2D eigenvalue weighted by atomic mass is 10.2. The van der Waals surface area contributed by atoms with Gasteiger partial charge in [0.15, 0.2) is 0 Å². The minimum absolute atomic E-state index is 0.419. The summed E-state index contributed by atoms with van der Waals surface area (Å²) in [4.78, 5) is 4.67.